The molecule has 6 heteroatoms. The highest BCUT2D eigenvalue weighted by atomic mass is 16.4. The van der Waals surface area contributed by atoms with Gasteiger partial charge in [-0.3, -0.25) is 4.79 Å². The van der Waals surface area contributed by atoms with Crippen LogP contribution in [0.25, 0.3) is 0 Å². The van der Waals surface area contributed by atoms with Crippen LogP contribution in [0.1, 0.15) is 37.7 Å². The van der Waals surface area contributed by atoms with Crippen LogP contribution < -0.4 is 10.6 Å². The van der Waals surface area contributed by atoms with Gasteiger partial charge >= 0.3 is 6.09 Å². The lowest BCUT2D eigenvalue weighted by Crippen LogP contribution is -2.40. The van der Waals surface area contributed by atoms with Gasteiger partial charge < -0.3 is 20.6 Å². The molecule has 2 aliphatic rings. The molecule has 2 atom stereocenters. The SMILES string of the molecule is CC(=O)Nc1ccc([C@@H]2C[C@H]2NCC2CCN(C(=O)O)CC2)cc1. The fraction of sp³-hybridized carbons (Fsp3) is 0.556. The summed E-state index contributed by atoms with van der Waals surface area (Å²) in [6.07, 6.45) is 2.24. The second-order valence-electron chi connectivity index (χ2n) is 6.87. The van der Waals surface area contributed by atoms with Gasteiger partial charge in [0.15, 0.2) is 0 Å². The van der Waals surface area contributed by atoms with E-state index in [4.69, 9.17) is 5.11 Å². The summed E-state index contributed by atoms with van der Waals surface area (Å²) in [6, 6.07) is 8.60. The van der Waals surface area contributed by atoms with Crippen molar-refractivity contribution in [1.82, 2.24) is 10.2 Å². The minimum atomic E-state index is -0.800. The Morgan fingerprint density at radius 1 is 1.21 bits per heavy atom. The molecule has 0 bridgehead atoms. The van der Waals surface area contributed by atoms with Crippen LogP contribution in [0.3, 0.4) is 0 Å². The van der Waals surface area contributed by atoms with Crippen molar-refractivity contribution in [3.8, 4) is 0 Å². The third-order valence-corrected chi connectivity index (χ3v) is 5.00. The first kappa shape index (κ1) is 16.8. The van der Waals surface area contributed by atoms with Crippen molar-refractivity contribution in [2.24, 2.45) is 5.92 Å². The Labute approximate surface area is 142 Å². The molecule has 24 heavy (non-hydrogen) atoms. The largest absolute Gasteiger partial charge is 0.465 e. The van der Waals surface area contributed by atoms with Gasteiger partial charge in [0.05, 0.1) is 0 Å². The highest BCUT2D eigenvalue weighted by Crippen LogP contribution is 2.41. The number of carboxylic acid groups (broad SMARTS) is 1. The van der Waals surface area contributed by atoms with Crippen molar-refractivity contribution < 1.29 is 14.7 Å². The molecular weight excluding hydrogens is 306 g/mol. The normalized spacial score (nSPS) is 23.8. The van der Waals surface area contributed by atoms with E-state index >= 15 is 0 Å². The van der Waals surface area contributed by atoms with E-state index in [9.17, 15) is 9.59 Å². The van der Waals surface area contributed by atoms with E-state index in [0.29, 0.717) is 31.0 Å². The van der Waals surface area contributed by atoms with Crippen molar-refractivity contribution in [3.05, 3.63) is 29.8 Å². The zero-order chi connectivity index (χ0) is 17.1. The zero-order valence-corrected chi connectivity index (χ0v) is 14.0. The smallest absolute Gasteiger partial charge is 0.407 e. The number of hydrogen-bond acceptors (Lipinski definition) is 3. The standard InChI is InChI=1S/C18H25N3O3/c1-12(22)20-15-4-2-14(3-5-15)16-10-17(16)19-11-13-6-8-21(9-7-13)18(23)24/h2-5,13,16-17,19H,6-11H2,1H3,(H,20,22)(H,23,24)/t16-,17+/m0/s1. The molecule has 2 amide bonds. The lowest BCUT2D eigenvalue weighted by atomic mass is 9.97. The Morgan fingerprint density at radius 2 is 1.88 bits per heavy atom. The number of nitrogens with one attached hydrogen (secondary N) is 2. The predicted molar refractivity (Wildman–Crippen MR) is 92.2 cm³/mol. The summed E-state index contributed by atoms with van der Waals surface area (Å²) in [7, 11) is 0. The Hall–Kier alpha value is -2.08. The van der Waals surface area contributed by atoms with Crippen molar-refractivity contribution in [2.45, 2.75) is 38.1 Å². The number of likely N-dealkylation sites (tertiary alicyclic amines) is 1. The molecule has 0 radical (unpaired) electrons. The number of amides is 2. The summed E-state index contributed by atoms with van der Waals surface area (Å²) in [6.45, 7) is 3.79. The maximum Gasteiger partial charge on any atom is 0.407 e. The first-order valence-corrected chi connectivity index (χ1v) is 8.61. The van der Waals surface area contributed by atoms with Crippen LogP contribution in [-0.2, 0) is 4.79 Å². The van der Waals surface area contributed by atoms with Gasteiger partial charge in [-0.25, -0.2) is 4.79 Å². The van der Waals surface area contributed by atoms with Crippen molar-refractivity contribution in [3.63, 3.8) is 0 Å². The molecule has 3 N–H and O–H groups in total. The molecule has 1 aliphatic carbocycles. The molecule has 1 aromatic carbocycles. The van der Waals surface area contributed by atoms with E-state index in [1.807, 2.05) is 12.1 Å². The lowest BCUT2D eigenvalue weighted by molar-refractivity contribution is -0.114. The average molecular weight is 331 g/mol. The topological polar surface area (TPSA) is 81.7 Å². The molecule has 1 saturated heterocycles. The van der Waals surface area contributed by atoms with Gasteiger partial charge in [-0.2, -0.15) is 0 Å². The van der Waals surface area contributed by atoms with E-state index in [1.54, 1.807) is 0 Å². The van der Waals surface area contributed by atoms with Crippen LogP contribution in [0.5, 0.6) is 0 Å². The Balaban J connectivity index is 1.40. The maximum atomic E-state index is 11.0. The van der Waals surface area contributed by atoms with E-state index in [0.717, 1.165) is 31.5 Å². The number of rotatable bonds is 5. The molecule has 1 saturated carbocycles. The van der Waals surface area contributed by atoms with Gasteiger partial charge in [-0.1, -0.05) is 12.1 Å². The molecule has 1 heterocycles. The minimum Gasteiger partial charge on any atom is -0.465 e. The second-order valence-corrected chi connectivity index (χ2v) is 6.87. The Kier molecular flexibility index (Phi) is 5.04. The molecule has 130 valence electrons. The fourth-order valence-corrected chi connectivity index (χ4v) is 3.45. The van der Waals surface area contributed by atoms with Crippen LogP contribution in [-0.4, -0.2) is 47.7 Å². The first-order valence-electron chi connectivity index (χ1n) is 8.61. The van der Waals surface area contributed by atoms with Crippen LogP contribution >= 0.6 is 0 Å². The first-order chi connectivity index (χ1) is 11.5. The van der Waals surface area contributed by atoms with E-state index in [1.165, 1.54) is 17.4 Å². The molecular formula is C18H25N3O3. The lowest BCUT2D eigenvalue weighted by Gasteiger charge is -2.30. The molecule has 6 nitrogen and oxygen atoms in total. The third-order valence-electron chi connectivity index (χ3n) is 5.00. The van der Waals surface area contributed by atoms with Crippen molar-refractivity contribution >= 4 is 17.7 Å². The minimum absolute atomic E-state index is 0.0531. The Morgan fingerprint density at radius 3 is 2.46 bits per heavy atom. The highest BCUT2D eigenvalue weighted by molar-refractivity contribution is 5.88. The molecule has 2 fully saturated rings. The van der Waals surface area contributed by atoms with Crippen molar-refractivity contribution in [2.75, 3.05) is 25.0 Å². The maximum absolute atomic E-state index is 11.0. The number of benzene rings is 1. The van der Waals surface area contributed by atoms with Crippen LogP contribution in [0.2, 0.25) is 0 Å². The summed E-state index contributed by atoms with van der Waals surface area (Å²) in [4.78, 5) is 23.4. The third kappa shape index (κ3) is 4.26. The molecule has 3 rings (SSSR count). The molecule has 0 unspecified atom stereocenters. The molecule has 1 aliphatic heterocycles. The van der Waals surface area contributed by atoms with Gasteiger partial charge in [0, 0.05) is 37.7 Å². The van der Waals surface area contributed by atoms with E-state index in [2.05, 4.69) is 22.8 Å². The van der Waals surface area contributed by atoms with E-state index in [-0.39, 0.29) is 5.91 Å². The molecule has 0 spiro atoms. The van der Waals surface area contributed by atoms with Crippen molar-refractivity contribution in [1.29, 1.82) is 0 Å². The van der Waals surface area contributed by atoms with Crippen LogP contribution in [0, 0.1) is 5.92 Å². The second kappa shape index (κ2) is 7.21. The van der Waals surface area contributed by atoms with Gasteiger partial charge in [0.2, 0.25) is 5.91 Å². The highest BCUT2D eigenvalue weighted by Gasteiger charge is 2.38. The summed E-state index contributed by atoms with van der Waals surface area (Å²) in [5.41, 5.74) is 2.14. The summed E-state index contributed by atoms with van der Waals surface area (Å²) < 4.78 is 0. The average Bonchev–Trinajstić information content (AvgIpc) is 3.33. The van der Waals surface area contributed by atoms with Gasteiger partial charge in [-0.05, 0) is 49.4 Å². The van der Waals surface area contributed by atoms with Gasteiger partial charge in [0.1, 0.15) is 0 Å². The summed E-state index contributed by atoms with van der Waals surface area (Å²) in [5.74, 6) is 1.07. The fourth-order valence-electron chi connectivity index (χ4n) is 3.45. The number of nitrogens with zero attached hydrogens (tertiary/aromatic N) is 1. The number of anilines is 1. The Bertz CT molecular complexity index is 594. The van der Waals surface area contributed by atoms with E-state index < -0.39 is 6.09 Å². The van der Waals surface area contributed by atoms with Crippen LogP contribution in [0.15, 0.2) is 24.3 Å². The van der Waals surface area contributed by atoms with Gasteiger partial charge in [0.25, 0.3) is 0 Å². The summed E-state index contributed by atoms with van der Waals surface area (Å²) >= 11 is 0. The quantitative estimate of drug-likeness (QED) is 0.774. The number of hydrogen-bond donors (Lipinski definition) is 3. The monoisotopic (exact) mass is 331 g/mol. The van der Waals surface area contributed by atoms with Crippen LogP contribution in [0.4, 0.5) is 10.5 Å². The number of carbonyl (C=O) groups excluding carboxylic acids is 1. The number of carbonyl (C=O) groups is 2. The predicted octanol–water partition coefficient (Wildman–Crippen LogP) is 2.48. The number of piperidine rings is 1. The molecule has 0 aromatic heterocycles. The summed E-state index contributed by atoms with van der Waals surface area (Å²) in [5, 5.41) is 15.4. The molecule has 1 aromatic rings. The zero-order valence-electron chi connectivity index (χ0n) is 14.0. The van der Waals surface area contributed by atoms with Gasteiger partial charge in [-0.15, -0.1) is 0 Å².